The van der Waals surface area contributed by atoms with E-state index in [1.807, 2.05) is 6.07 Å². The van der Waals surface area contributed by atoms with Crippen LogP contribution in [0, 0.1) is 5.92 Å². The minimum atomic E-state index is -0.254. The summed E-state index contributed by atoms with van der Waals surface area (Å²) < 4.78 is 16.4. The Morgan fingerprint density at radius 1 is 1.12 bits per heavy atom. The molecule has 25 heavy (non-hydrogen) atoms. The van der Waals surface area contributed by atoms with E-state index in [4.69, 9.17) is 14.2 Å². The Labute approximate surface area is 149 Å². The highest BCUT2D eigenvalue weighted by Crippen LogP contribution is 2.43. The predicted octanol–water partition coefficient (Wildman–Crippen LogP) is 3.51. The first kappa shape index (κ1) is 16.7. The number of carbonyl (C=O) groups excluding carboxylic acids is 1. The lowest BCUT2D eigenvalue weighted by Crippen LogP contribution is -2.47. The standard InChI is InChI=1S/C20H27NO4/c1-23-16-7-4-14(5-8-16)19(22)21-20(10-2-3-11-20)15-6-9-17-18(12-15)25-13-24-17/h6,9,12,14,16H,2-5,7-8,10-11,13H2,1H3,(H,21,22). The summed E-state index contributed by atoms with van der Waals surface area (Å²) in [6.07, 6.45) is 8.38. The second-order valence-electron chi connectivity index (χ2n) is 7.56. The SMILES string of the molecule is COC1CCC(C(=O)NC2(c3ccc4c(c3)OCO4)CCCC2)CC1. The van der Waals surface area contributed by atoms with Crippen LogP contribution in [0.2, 0.25) is 0 Å². The highest BCUT2D eigenvalue weighted by molar-refractivity contribution is 5.80. The second kappa shape index (κ2) is 6.87. The molecule has 0 saturated heterocycles. The largest absolute Gasteiger partial charge is 0.454 e. The molecule has 0 radical (unpaired) electrons. The summed E-state index contributed by atoms with van der Waals surface area (Å²) in [5.41, 5.74) is 0.893. The van der Waals surface area contributed by atoms with Crippen LogP contribution in [0.1, 0.15) is 56.9 Å². The third kappa shape index (κ3) is 3.22. The monoisotopic (exact) mass is 345 g/mol. The molecule has 1 aliphatic heterocycles. The first-order chi connectivity index (χ1) is 12.2. The van der Waals surface area contributed by atoms with Gasteiger partial charge in [0.1, 0.15) is 0 Å². The van der Waals surface area contributed by atoms with Crippen LogP contribution in [0.3, 0.4) is 0 Å². The van der Waals surface area contributed by atoms with Crippen LogP contribution in [0.5, 0.6) is 11.5 Å². The predicted molar refractivity (Wildman–Crippen MR) is 93.6 cm³/mol. The van der Waals surface area contributed by atoms with Crippen molar-refractivity contribution in [1.29, 1.82) is 0 Å². The Hall–Kier alpha value is -1.75. The van der Waals surface area contributed by atoms with E-state index < -0.39 is 0 Å². The van der Waals surface area contributed by atoms with E-state index in [2.05, 4.69) is 17.4 Å². The molecular weight excluding hydrogens is 318 g/mol. The molecule has 1 aromatic rings. The van der Waals surface area contributed by atoms with Crippen LogP contribution in [0.4, 0.5) is 0 Å². The molecule has 1 heterocycles. The minimum Gasteiger partial charge on any atom is -0.454 e. The lowest BCUT2D eigenvalue weighted by Gasteiger charge is -2.34. The number of amides is 1. The Bertz CT molecular complexity index is 631. The van der Waals surface area contributed by atoms with Crippen molar-refractivity contribution in [2.45, 2.75) is 63.0 Å². The summed E-state index contributed by atoms with van der Waals surface area (Å²) in [5.74, 6) is 1.90. The molecule has 0 aromatic heterocycles. The number of hydrogen-bond acceptors (Lipinski definition) is 4. The van der Waals surface area contributed by atoms with E-state index in [9.17, 15) is 4.79 Å². The molecule has 1 aromatic carbocycles. The van der Waals surface area contributed by atoms with E-state index >= 15 is 0 Å². The number of hydrogen-bond donors (Lipinski definition) is 1. The van der Waals surface area contributed by atoms with Crippen LogP contribution >= 0.6 is 0 Å². The maximum Gasteiger partial charge on any atom is 0.231 e. The molecule has 5 heteroatoms. The Kier molecular flexibility index (Phi) is 4.59. The Balaban J connectivity index is 1.50. The highest BCUT2D eigenvalue weighted by atomic mass is 16.7. The lowest BCUT2D eigenvalue weighted by atomic mass is 9.83. The van der Waals surface area contributed by atoms with E-state index in [0.29, 0.717) is 6.10 Å². The van der Waals surface area contributed by atoms with Crippen LogP contribution in [0.25, 0.3) is 0 Å². The third-order valence-electron chi connectivity index (χ3n) is 6.12. The molecular formula is C20H27NO4. The molecule has 2 aliphatic carbocycles. The van der Waals surface area contributed by atoms with E-state index in [-0.39, 0.29) is 24.2 Å². The van der Waals surface area contributed by atoms with Crippen molar-refractivity contribution < 1.29 is 19.0 Å². The van der Waals surface area contributed by atoms with Gasteiger partial charge in [0.05, 0.1) is 11.6 Å². The van der Waals surface area contributed by atoms with Crippen molar-refractivity contribution in [3.8, 4) is 11.5 Å². The van der Waals surface area contributed by atoms with Gasteiger partial charge in [0, 0.05) is 13.0 Å². The number of benzene rings is 1. The highest BCUT2D eigenvalue weighted by Gasteiger charge is 2.39. The second-order valence-corrected chi connectivity index (χ2v) is 7.56. The molecule has 136 valence electrons. The third-order valence-corrected chi connectivity index (χ3v) is 6.12. The summed E-state index contributed by atoms with van der Waals surface area (Å²) in [4.78, 5) is 13.0. The van der Waals surface area contributed by atoms with Gasteiger partial charge in [-0.1, -0.05) is 18.9 Å². The molecule has 1 amide bonds. The molecule has 0 spiro atoms. The fourth-order valence-corrected chi connectivity index (χ4v) is 4.56. The fourth-order valence-electron chi connectivity index (χ4n) is 4.56. The van der Waals surface area contributed by atoms with Gasteiger partial charge >= 0.3 is 0 Å². The van der Waals surface area contributed by atoms with Crippen LogP contribution < -0.4 is 14.8 Å². The minimum absolute atomic E-state index is 0.109. The number of nitrogens with one attached hydrogen (secondary N) is 1. The van der Waals surface area contributed by atoms with Crippen molar-refractivity contribution >= 4 is 5.91 Å². The van der Waals surface area contributed by atoms with Gasteiger partial charge in [-0.15, -0.1) is 0 Å². The smallest absolute Gasteiger partial charge is 0.231 e. The topological polar surface area (TPSA) is 56.8 Å². The van der Waals surface area contributed by atoms with E-state index in [0.717, 1.165) is 68.4 Å². The van der Waals surface area contributed by atoms with Crippen LogP contribution in [-0.2, 0) is 15.1 Å². The van der Waals surface area contributed by atoms with Gasteiger partial charge in [-0.05, 0) is 56.2 Å². The molecule has 3 aliphatic rings. The molecule has 2 fully saturated rings. The van der Waals surface area contributed by atoms with Crippen molar-refractivity contribution in [2.24, 2.45) is 5.92 Å². The number of fused-ring (bicyclic) bond motifs is 1. The summed E-state index contributed by atoms with van der Waals surface area (Å²) in [6.45, 7) is 0.279. The quantitative estimate of drug-likeness (QED) is 0.907. The first-order valence-electron chi connectivity index (χ1n) is 9.45. The molecule has 0 bridgehead atoms. The van der Waals surface area contributed by atoms with Crippen molar-refractivity contribution in [1.82, 2.24) is 5.32 Å². The number of rotatable bonds is 4. The summed E-state index contributed by atoms with van der Waals surface area (Å²) in [5, 5.41) is 3.43. The van der Waals surface area contributed by atoms with Gasteiger partial charge in [0.2, 0.25) is 12.7 Å². The van der Waals surface area contributed by atoms with Crippen molar-refractivity contribution in [2.75, 3.05) is 13.9 Å². The van der Waals surface area contributed by atoms with Crippen molar-refractivity contribution in [3.63, 3.8) is 0 Å². The van der Waals surface area contributed by atoms with Crippen LogP contribution in [-0.4, -0.2) is 25.9 Å². The molecule has 1 N–H and O–H groups in total. The maximum atomic E-state index is 13.0. The van der Waals surface area contributed by atoms with Gasteiger partial charge in [-0.2, -0.15) is 0 Å². The molecule has 0 unspecified atom stereocenters. The Morgan fingerprint density at radius 3 is 2.56 bits per heavy atom. The average Bonchev–Trinajstić information content (AvgIpc) is 3.31. The lowest BCUT2D eigenvalue weighted by molar-refractivity contribution is -0.128. The summed E-state index contributed by atoms with van der Waals surface area (Å²) in [7, 11) is 1.76. The summed E-state index contributed by atoms with van der Waals surface area (Å²) >= 11 is 0. The van der Waals surface area contributed by atoms with Crippen LogP contribution in [0.15, 0.2) is 18.2 Å². The van der Waals surface area contributed by atoms with Gasteiger partial charge in [-0.3, -0.25) is 4.79 Å². The van der Waals surface area contributed by atoms with Gasteiger partial charge in [0.15, 0.2) is 11.5 Å². The van der Waals surface area contributed by atoms with Gasteiger partial charge in [-0.25, -0.2) is 0 Å². The number of carbonyl (C=O) groups is 1. The van der Waals surface area contributed by atoms with Gasteiger partial charge < -0.3 is 19.5 Å². The van der Waals surface area contributed by atoms with E-state index in [1.54, 1.807) is 7.11 Å². The average molecular weight is 345 g/mol. The first-order valence-corrected chi connectivity index (χ1v) is 9.45. The van der Waals surface area contributed by atoms with Gasteiger partial charge in [0.25, 0.3) is 0 Å². The zero-order chi connectivity index (χ0) is 17.3. The maximum absolute atomic E-state index is 13.0. The molecule has 5 nitrogen and oxygen atoms in total. The zero-order valence-electron chi connectivity index (χ0n) is 14.9. The fraction of sp³-hybridized carbons (Fsp3) is 0.650. The number of methoxy groups -OCH3 is 1. The van der Waals surface area contributed by atoms with Crippen molar-refractivity contribution in [3.05, 3.63) is 23.8 Å². The zero-order valence-corrected chi connectivity index (χ0v) is 14.9. The normalized spacial score (nSPS) is 27.2. The van der Waals surface area contributed by atoms with E-state index in [1.165, 1.54) is 0 Å². The molecule has 2 saturated carbocycles. The summed E-state index contributed by atoms with van der Waals surface area (Å²) in [6, 6.07) is 6.10. The number of ether oxygens (including phenoxy) is 3. The Morgan fingerprint density at radius 2 is 1.84 bits per heavy atom. The molecule has 0 atom stereocenters. The molecule has 4 rings (SSSR count).